The number of carbonyl (C=O) groups is 1. The van der Waals surface area contributed by atoms with Gasteiger partial charge in [0.25, 0.3) is 0 Å². The molecule has 2 aliphatic heterocycles. The van der Waals surface area contributed by atoms with Crippen LogP contribution in [-0.2, 0) is 4.79 Å². The van der Waals surface area contributed by atoms with Crippen molar-refractivity contribution in [1.29, 1.82) is 0 Å². The van der Waals surface area contributed by atoms with E-state index in [0.29, 0.717) is 0 Å². The maximum absolute atomic E-state index is 12.6. The van der Waals surface area contributed by atoms with Crippen molar-refractivity contribution in [3.63, 3.8) is 0 Å². The van der Waals surface area contributed by atoms with Gasteiger partial charge in [0.1, 0.15) is 6.04 Å². The molecule has 4 nitrogen and oxygen atoms in total. The van der Waals surface area contributed by atoms with Crippen LogP contribution in [0.4, 0.5) is 0 Å². The smallest absolute Gasteiger partial charge is 0.245 e. The molecule has 2 unspecified atom stereocenters. The lowest BCUT2D eigenvalue weighted by atomic mass is 10.1. The molecular weight excluding hydrogens is 282 g/mol. The Morgan fingerprint density at radius 2 is 1.90 bits per heavy atom. The summed E-state index contributed by atoms with van der Waals surface area (Å²) >= 11 is 2.02. The summed E-state index contributed by atoms with van der Waals surface area (Å²) in [5.41, 5.74) is 1.06. The SMILES string of the molecule is CC1NC(c2ccccc2)C(=O)N1CCN1CCSCC1. The third kappa shape index (κ3) is 3.42. The van der Waals surface area contributed by atoms with Crippen LogP contribution in [-0.4, -0.2) is 59.6 Å². The van der Waals surface area contributed by atoms with Crippen molar-refractivity contribution in [2.24, 2.45) is 0 Å². The number of amides is 1. The number of rotatable bonds is 4. The number of hydrogen-bond donors (Lipinski definition) is 1. The molecular formula is C16H23N3OS. The summed E-state index contributed by atoms with van der Waals surface area (Å²) in [6.45, 7) is 6.18. The summed E-state index contributed by atoms with van der Waals surface area (Å²) in [5, 5.41) is 3.41. The number of thioether (sulfide) groups is 1. The Hall–Kier alpha value is -1.04. The molecule has 2 fully saturated rings. The van der Waals surface area contributed by atoms with E-state index in [-0.39, 0.29) is 18.1 Å². The maximum Gasteiger partial charge on any atom is 0.245 e. The molecule has 1 aromatic rings. The molecule has 2 saturated heterocycles. The van der Waals surface area contributed by atoms with Gasteiger partial charge in [0.2, 0.25) is 5.91 Å². The second kappa shape index (κ2) is 6.81. The highest BCUT2D eigenvalue weighted by atomic mass is 32.2. The molecule has 1 amide bonds. The minimum Gasteiger partial charge on any atom is -0.324 e. The first kappa shape index (κ1) is 14.9. The fraction of sp³-hybridized carbons (Fsp3) is 0.562. The van der Waals surface area contributed by atoms with Gasteiger partial charge in [-0.25, -0.2) is 0 Å². The lowest BCUT2D eigenvalue weighted by Gasteiger charge is -2.29. The number of hydrogen-bond acceptors (Lipinski definition) is 4. The van der Waals surface area contributed by atoms with E-state index in [1.54, 1.807) is 0 Å². The van der Waals surface area contributed by atoms with Crippen molar-refractivity contribution < 1.29 is 4.79 Å². The average molecular weight is 305 g/mol. The minimum absolute atomic E-state index is 0.113. The van der Waals surface area contributed by atoms with Crippen LogP contribution in [0.15, 0.2) is 30.3 Å². The Balaban J connectivity index is 1.60. The largest absolute Gasteiger partial charge is 0.324 e. The van der Waals surface area contributed by atoms with E-state index in [1.165, 1.54) is 11.5 Å². The third-order valence-corrected chi connectivity index (χ3v) is 5.24. The summed E-state index contributed by atoms with van der Waals surface area (Å²) in [6.07, 6.45) is 0.113. The van der Waals surface area contributed by atoms with E-state index in [2.05, 4.69) is 17.1 Å². The van der Waals surface area contributed by atoms with Crippen LogP contribution < -0.4 is 5.32 Å². The summed E-state index contributed by atoms with van der Waals surface area (Å²) in [6, 6.07) is 9.82. The number of nitrogens with one attached hydrogen (secondary N) is 1. The van der Waals surface area contributed by atoms with E-state index >= 15 is 0 Å². The second-order valence-corrected chi connectivity index (χ2v) is 6.90. The standard InChI is InChI=1S/C16H23N3OS/c1-13-17-15(14-5-3-2-4-6-14)16(20)19(13)8-7-18-9-11-21-12-10-18/h2-6,13,15,17H,7-12H2,1H3. The van der Waals surface area contributed by atoms with Crippen molar-refractivity contribution in [3.8, 4) is 0 Å². The molecule has 2 heterocycles. The molecule has 1 aromatic carbocycles. The lowest BCUT2D eigenvalue weighted by Crippen LogP contribution is -2.43. The van der Waals surface area contributed by atoms with Crippen molar-refractivity contribution >= 4 is 17.7 Å². The summed E-state index contributed by atoms with van der Waals surface area (Å²) in [5.74, 6) is 2.64. The second-order valence-electron chi connectivity index (χ2n) is 5.67. The van der Waals surface area contributed by atoms with Crippen LogP contribution in [0.3, 0.4) is 0 Å². The van der Waals surface area contributed by atoms with E-state index in [4.69, 9.17) is 0 Å². The first-order chi connectivity index (χ1) is 10.3. The van der Waals surface area contributed by atoms with Gasteiger partial charge in [-0.2, -0.15) is 11.8 Å². The molecule has 0 aromatic heterocycles. The lowest BCUT2D eigenvalue weighted by molar-refractivity contribution is -0.130. The summed E-state index contributed by atoms with van der Waals surface area (Å²) in [4.78, 5) is 17.1. The highest BCUT2D eigenvalue weighted by molar-refractivity contribution is 7.99. The highest BCUT2D eigenvalue weighted by Gasteiger charge is 2.37. The molecule has 0 aliphatic carbocycles. The van der Waals surface area contributed by atoms with Crippen LogP contribution >= 0.6 is 11.8 Å². The predicted molar refractivity (Wildman–Crippen MR) is 87.3 cm³/mol. The zero-order valence-electron chi connectivity index (χ0n) is 12.5. The number of carbonyl (C=O) groups excluding carboxylic acids is 1. The Labute approximate surface area is 130 Å². The van der Waals surface area contributed by atoms with Gasteiger partial charge in [-0.05, 0) is 12.5 Å². The van der Waals surface area contributed by atoms with Gasteiger partial charge in [-0.3, -0.25) is 15.0 Å². The average Bonchev–Trinajstić information content (AvgIpc) is 2.82. The first-order valence-corrected chi connectivity index (χ1v) is 8.83. The molecule has 0 bridgehead atoms. The van der Waals surface area contributed by atoms with Gasteiger partial charge in [0, 0.05) is 37.7 Å². The highest BCUT2D eigenvalue weighted by Crippen LogP contribution is 2.23. The zero-order valence-corrected chi connectivity index (χ0v) is 13.3. The van der Waals surface area contributed by atoms with Crippen LogP contribution in [0.1, 0.15) is 18.5 Å². The molecule has 21 heavy (non-hydrogen) atoms. The van der Waals surface area contributed by atoms with Gasteiger partial charge < -0.3 is 4.90 Å². The molecule has 0 saturated carbocycles. The Kier molecular flexibility index (Phi) is 4.83. The molecule has 114 valence electrons. The van der Waals surface area contributed by atoms with Gasteiger partial charge in [0.15, 0.2) is 0 Å². The van der Waals surface area contributed by atoms with Crippen molar-refractivity contribution in [3.05, 3.63) is 35.9 Å². The molecule has 0 spiro atoms. The van der Waals surface area contributed by atoms with E-state index in [1.807, 2.05) is 47.0 Å². The first-order valence-electron chi connectivity index (χ1n) is 7.67. The molecule has 2 atom stereocenters. The fourth-order valence-electron chi connectivity index (χ4n) is 3.02. The van der Waals surface area contributed by atoms with Gasteiger partial charge in [-0.15, -0.1) is 0 Å². The van der Waals surface area contributed by atoms with Gasteiger partial charge >= 0.3 is 0 Å². The van der Waals surface area contributed by atoms with Crippen LogP contribution in [0.2, 0.25) is 0 Å². The molecule has 1 N–H and O–H groups in total. The quantitative estimate of drug-likeness (QED) is 0.916. The monoisotopic (exact) mass is 305 g/mol. The molecule has 3 rings (SSSR count). The maximum atomic E-state index is 12.6. The summed E-state index contributed by atoms with van der Waals surface area (Å²) in [7, 11) is 0. The van der Waals surface area contributed by atoms with E-state index < -0.39 is 0 Å². The van der Waals surface area contributed by atoms with E-state index in [0.717, 1.165) is 31.7 Å². The van der Waals surface area contributed by atoms with Crippen molar-refractivity contribution in [2.75, 3.05) is 37.7 Å². The van der Waals surface area contributed by atoms with Gasteiger partial charge in [0.05, 0.1) is 6.17 Å². The Morgan fingerprint density at radius 3 is 2.62 bits per heavy atom. The fourth-order valence-corrected chi connectivity index (χ4v) is 4.00. The topological polar surface area (TPSA) is 35.6 Å². The van der Waals surface area contributed by atoms with Crippen molar-refractivity contribution in [2.45, 2.75) is 19.1 Å². The Morgan fingerprint density at radius 1 is 1.19 bits per heavy atom. The molecule has 0 radical (unpaired) electrons. The minimum atomic E-state index is -0.182. The van der Waals surface area contributed by atoms with E-state index in [9.17, 15) is 4.79 Å². The molecule has 5 heteroatoms. The van der Waals surface area contributed by atoms with Crippen molar-refractivity contribution in [1.82, 2.24) is 15.1 Å². The van der Waals surface area contributed by atoms with Crippen LogP contribution in [0.5, 0.6) is 0 Å². The normalized spacial score (nSPS) is 27.3. The molecule has 2 aliphatic rings. The Bertz CT molecular complexity index is 476. The third-order valence-electron chi connectivity index (χ3n) is 4.30. The van der Waals surface area contributed by atoms with Crippen LogP contribution in [0.25, 0.3) is 0 Å². The van der Waals surface area contributed by atoms with Gasteiger partial charge in [-0.1, -0.05) is 30.3 Å². The predicted octanol–water partition coefficient (Wildman–Crippen LogP) is 1.55. The number of benzene rings is 1. The summed E-state index contributed by atoms with van der Waals surface area (Å²) < 4.78 is 0. The van der Waals surface area contributed by atoms with Crippen LogP contribution in [0, 0.1) is 0 Å². The zero-order chi connectivity index (χ0) is 14.7. The number of nitrogens with zero attached hydrogens (tertiary/aromatic N) is 2.